The summed E-state index contributed by atoms with van der Waals surface area (Å²) in [6, 6.07) is 15.1. The van der Waals surface area contributed by atoms with Crippen molar-refractivity contribution in [2.45, 2.75) is 49.5 Å². The molecule has 4 heteroatoms. The zero-order valence-corrected chi connectivity index (χ0v) is 18.5. The largest absolute Gasteiger partial charge is 0.289 e. The van der Waals surface area contributed by atoms with E-state index in [0.29, 0.717) is 22.1 Å². The summed E-state index contributed by atoms with van der Waals surface area (Å²) in [5.74, 6) is 0.369. The minimum atomic E-state index is -0.0601. The van der Waals surface area contributed by atoms with E-state index in [1.165, 1.54) is 5.56 Å². The molecule has 0 bridgehead atoms. The highest BCUT2D eigenvalue weighted by atomic mass is 35.5. The first kappa shape index (κ1) is 21.4. The molecule has 1 atom stereocenters. The predicted molar refractivity (Wildman–Crippen MR) is 119 cm³/mol. The lowest BCUT2D eigenvalue weighted by atomic mass is 9.81. The fourth-order valence-electron chi connectivity index (χ4n) is 3.04. The number of hydrogen-bond donors (Lipinski definition) is 1. The first-order chi connectivity index (χ1) is 12.0. The maximum atomic E-state index is 12.7. The number of thiol groups is 1. The molecule has 2 aromatic rings. The zero-order valence-electron chi connectivity index (χ0n) is 16.0. The van der Waals surface area contributed by atoms with Crippen LogP contribution in [0.5, 0.6) is 0 Å². The summed E-state index contributed by atoms with van der Waals surface area (Å²) >= 11 is 12.5. The van der Waals surface area contributed by atoms with Crippen molar-refractivity contribution in [3.8, 4) is 0 Å². The average Bonchev–Trinajstić information content (AvgIpc) is 2.59. The number of halogens is 1. The van der Waals surface area contributed by atoms with Crippen LogP contribution in [0, 0.1) is 0 Å². The van der Waals surface area contributed by atoms with Gasteiger partial charge in [0.15, 0.2) is 5.78 Å². The van der Waals surface area contributed by atoms with Gasteiger partial charge >= 0.3 is 0 Å². The van der Waals surface area contributed by atoms with Crippen LogP contribution in [0.4, 0.5) is 0 Å². The summed E-state index contributed by atoms with van der Waals surface area (Å²) < 4.78 is 0.0250. The fraction of sp³-hybridized carbons (Fsp3) is 0.409. The van der Waals surface area contributed by atoms with Crippen LogP contribution in [0.3, 0.4) is 0 Å². The van der Waals surface area contributed by atoms with Gasteiger partial charge in [-0.15, -0.1) is 0 Å². The second-order valence-corrected chi connectivity index (χ2v) is 10.9. The lowest BCUT2D eigenvalue weighted by Crippen LogP contribution is -2.30. The van der Waals surface area contributed by atoms with Gasteiger partial charge in [-0.3, -0.25) is 4.79 Å². The Morgan fingerprint density at radius 3 is 1.88 bits per heavy atom. The predicted octanol–water partition coefficient (Wildman–Crippen LogP) is 6.89. The normalized spacial score (nSPS) is 13.5. The van der Waals surface area contributed by atoms with Crippen molar-refractivity contribution in [1.29, 1.82) is 0 Å². The van der Waals surface area contributed by atoms with Gasteiger partial charge in [-0.25, -0.2) is 0 Å². The van der Waals surface area contributed by atoms with Crippen molar-refractivity contribution in [3.05, 3.63) is 70.2 Å². The minimum absolute atomic E-state index is 0.0171. The van der Waals surface area contributed by atoms with Gasteiger partial charge in [-0.1, -0.05) is 63.6 Å². The lowest BCUT2D eigenvalue weighted by Gasteiger charge is -2.37. The summed E-state index contributed by atoms with van der Waals surface area (Å²) in [5, 5.41) is 0.633. The molecule has 0 amide bonds. The molecule has 2 rings (SSSR count). The summed E-state index contributed by atoms with van der Waals surface area (Å²) in [4.78, 5) is 12.7. The third kappa shape index (κ3) is 5.55. The first-order valence-electron chi connectivity index (χ1n) is 8.71. The van der Waals surface area contributed by atoms with Crippen LogP contribution in [-0.4, -0.2) is 21.5 Å². The highest BCUT2D eigenvalue weighted by Gasteiger charge is 2.33. The first-order valence-corrected chi connectivity index (χ1v) is 10.8. The Kier molecular flexibility index (Phi) is 6.92. The Morgan fingerprint density at radius 2 is 1.46 bits per heavy atom. The summed E-state index contributed by atoms with van der Waals surface area (Å²) in [7, 11) is 0. The molecule has 0 N–H and O–H groups in total. The molecule has 140 valence electrons. The van der Waals surface area contributed by atoms with Gasteiger partial charge < -0.3 is 0 Å². The van der Waals surface area contributed by atoms with Crippen molar-refractivity contribution in [1.82, 2.24) is 0 Å². The zero-order chi connectivity index (χ0) is 19.5. The van der Waals surface area contributed by atoms with Crippen LogP contribution in [-0.2, 0) is 0 Å². The Hall–Kier alpha value is -0.900. The molecule has 0 aliphatic carbocycles. The van der Waals surface area contributed by atoms with Gasteiger partial charge in [0, 0.05) is 25.6 Å². The van der Waals surface area contributed by atoms with Gasteiger partial charge in [-0.05, 0) is 48.4 Å². The molecule has 0 saturated carbocycles. The number of rotatable bonds is 7. The standard InChI is InChI=1S/C22H27ClOS2/c1-21(2,25)14-19(22(3,4)26-5)15-6-8-16(9-7-15)20(24)17-10-12-18(23)13-11-17/h6-13,19,25H,14H2,1-5H3. The molecule has 0 saturated heterocycles. The monoisotopic (exact) mass is 406 g/mol. The van der Waals surface area contributed by atoms with E-state index in [2.05, 4.69) is 46.1 Å². The molecular weight excluding hydrogens is 380 g/mol. The molecule has 1 unspecified atom stereocenters. The van der Waals surface area contributed by atoms with Crippen LogP contribution < -0.4 is 0 Å². The quantitative estimate of drug-likeness (QED) is 0.398. The SMILES string of the molecule is CSC(C)(C)C(CC(C)(C)S)c1ccc(C(=O)c2ccc(Cl)cc2)cc1. The average molecular weight is 407 g/mol. The molecule has 0 fully saturated rings. The Morgan fingerprint density at radius 1 is 1.00 bits per heavy atom. The highest BCUT2D eigenvalue weighted by molar-refractivity contribution is 8.00. The van der Waals surface area contributed by atoms with Crippen LogP contribution in [0.2, 0.25) is 5.02 Å². The van der Waals surface area contributed by atoms with E-state index in [4.69, 9.17) is 24.2 Å². The van der Waals surface area contributed by atoms with Crippen LogP contribution in [0.25, 0.3) is 0 Å². The number of benzene rings is 2. The number of hydrogen-bond acceptors (Lipinski definition) is 3. The maximum Gasteiger partial charge on any atom is 0.193 e. The number of carbonyl (C=O) groups is 1. The number of carbonyl (C=O) groups excluding carboxylic acids is 1. The van der Waals surface area contributed by atoms with Crippen molar-refractivity contribution in [3.63, 3.8) is 0 Å². The van der Waals surface area contributed by atoms with E-state index in [9.17, 15) is 4.79 Å². The van der Waals surface area contributed by atoms with Gasteiger partial charge in [0.1, 0.15) is 0 Å². The van der Waals surface area contributed by atoms with Gasteiger partial charge in [0.25, 0.3) is 0 Å². The van der Waals surface area contributed by atoms with Crippen LogP contribution in [0.15, 0.2) is 48.5 Å². The summed E-state index contributed by atoms with van der Waals surface area (Å²) in [5.41, 5.74) is 2.60. The second-order valence-electron chi connectivity index (χ2n) is 7.83. The fourth-order valence-corrected chi connectivity index (χ4v) is 3.85. The minimum Gasteiger partial charge on any atom is -0.289 e. The van der Waals surface area contributed by atoms with E-state index < -0.39 is 0 Å². The molecule has 2 aromatic carbocycles. The molecule has 0 aliphatic heterocycles. The number of thioether (sulfide) groups is 1. The molecule has 0 aromatic heterocycles. The third-order valence-corrected chi connectivity index (χ3v) is 6.52. The molecule has 26 heavy (non-hydrogen) atoms. The summed E-state index contributed by atoms with van der Waals surface area (Å²) in [6.07, 6.45) is 3.12. The molecule has 0 spiro atoms. The highest BCUT2D eigenvalue weighted by Crippen LogP contribution is 2.43. The van der Waals surface area contributed by atoms with Crippen LogP contribution >= 0.6 is 36.0 Å². The van der Waals surface area contributed by atoms with E-state index in [1.54, 1.807) is 24.3 Å². The van der Waals surface area contributed by atoms with Gasteiger partial charge in [-0.2, -0.15) is 24.4 Å². The molecule has 0 aliphatic rings. The Labute approximate surface area is 172 Å². The van der Waals surface area contributed by atoms with Crippen molar-refractivity contribution < 1.29 is 4.79 Å². The molecule has 0 radical (unpaired) electrons. The van der Waals surface area contributed by atoms with Crippen molar-refractivity contribution in [2.75, 3.05) is 6.26 Å². The molecule has 0 heterocycles. The van der Waals surface area contributed by atoms with E-state index in [0.717, 1.165) is 6.42 Å². The van der Waals surface area contributed by atoms with Crippen molar-refractivity contribution >= 4 is 41.8 Å². The Bertz CT molecular complexity index is 743. The topological polar surface area (TPSA) is 17.1 Å². The Balaban J connectivity index is 2.30. The van der Waals surface area contributed by atoms with E-state index >= 15 is 0 Å². The molecule has 1 nitrogen and oxygen atoms in total. The van der Waals surface area contributed by atoms with E-state index in [-0.39, 0.29) is 15.3 Å². The van der Waals surface area contributed by atoms with Crippen LogP contribution in [0.1, 0.15) is 61.5 Å². The third-order valence-electron chi connectivity index (χ3n) is 4.75. The summed E-state index contributed by atoms with van der Waals surface area (Å²) in [6.45, 7) is 8.85. The van der Waals surface area contributed by atoms with Gasteiger partial charge in [0.2, 0.25) is 0 Å². The van der Waals surface area contributed by atoms with E-state index in [1.807, 2.05) is 23.9 Å². The lowest BCUT2D eigenvalue weighted by molar-refractivity contribution is 0.103. The number of ketones is 1. The van der Waals surface area contributed by atoms with Crippen molar-refractivity contribution in [2.24, 2.45) is 0 Å². The molecular formula is C22H27ClOS2. The smallest absolute Gasteiger partial charge is 0.193 e. The second kappa shape index (κ2) is 8.41. The maximum absolute atomic E-state index is 12.7. The van der Waals surface area contributed by atoms with Gasteiger partial charge in [0.05, 0.1) is 0 Å².